The van der Waals surface area contributed by atoms with Crippen LogP contribution in [0.25, 0.3) is 0 Å². The molecule has 15 heavy (non-hydrogen) atoms. The predicted molar refractivity (Wildman–Crippen MR) is 65.0 cm³/mol. The van der Waals surface area contributed by atoms with Crippen molar-refractivity contribution in [3.63, 3.8) is 0 Å². The highest BCUT2D eigenvalue weighted by Gasteiger charge is 2.24. The van der Waals surface area contributed by atoms with E-state index >= 15 is 0 Å². The summed E-state index contributed by atoms with van der Waals surface area (Å²) in [5.41, 5.74) is 0. The quantitative estimate of drug-likeness (QED) is 0.764. The van der Waals surface area contributed by atoms with Crippen molar-refractivity contribution in [3.05, 3.63) is 0 Å². The molecule has 0 radical (unpaired) electrons. The van der Waals surface area contributed by atoms with Crippen LogP contribution in [0.3, 0.4) is 0 Å². The van der Waals surface area contributed by atoms with Gasteiger partial charge in [-0.2, -0.15) is 0 Å². The van der Waals surface area contributed by atoms with E-state index in [2.05, 4.69) is 17.1 Å². The van der Waals surface area contributed by atoms with Crippen LogP contribution >= 0.6 is 0 Å². The minimum absolute atomic E-state index is 0.978. The molecule has 2 aliphatic heterocycles. The number of hydrogen-bond donors (Lipinski definition) is 1. The fraction of sp³-hybridized carbons (Fsp3) is 1.00. The van der Waals surface area contributed by atoms with Gasteiger partial charge in [-0.1, -0.05) is 13.3 Å². The predicted octanol–water partition coefficient (Wildman–Crippen LogP) is 2.11. The third-order valence-electron chi connectivity index (χ3n) is 4.04. The molecule has 2 heteroatoms. The van der Waals surface area contributed by atoms with E-state index in [0.717, 1.165) is 11.8 Å². The van der Waals surface area contributed by atoms with Crippen molar-refractivity contribution in [1.82, 2.24) is 10.2 Å². The van der Waals surface area contributed by atoms with Gasteiger partial charge in [-0.25, -0.2) is 0 Å². The molecule has 2 aliphatic rings. The summed E-state index contributed by atoms with van der Waals surface area (Å²) in [6.07, 6.45) is 7.07. The maximum atomic E-state index is 3.45. The number of nitrogens with one attached hydrogen (secondary N) is 1. The minimum atomic E-state index is 0.978. The van der Waals surface area contributed by atoms with Crippen LogP contribution in [0.15, 0.2) is 0 Å². The zero-order valence-electron chi connectivity index (χ0n) is 10.2. The first kappa shape index (κ1) is 11.4. The Hall–Kier alpha value is -0.0800. The molecule has 2 saturated heterocycles. The van der Waals surface area contributed by atoms with Gasteiger partial charge in [0.15, 0.2) is 0 Å². The summed E-state index contributed by atoms with van der Waals surface area (Å²) in [4.78, 5) is 2.72. The summed E-state index contributed by atoms with van der Waals surface area (Å²) in [6, 6.07) is 0. The van der Waals surface area contributed by atoms with Crippen LogP contribution in [0.5, 0.6) is 0 Å². The molecule has 0 bridgehead atoms. The molecule has 0 aliphatic carbocycles. The lowest BCUT2D eigenvalue weighted by atomic mass is 9.97. The molecule has 0 aromatic carbocycles. The van der Waals surface area contributed by atoms with E-state index in [1.165, 1.54) is 64.8 Å². The van der Waals surface area contributed by atoms with Gasteiger partial charge in [0.05, 0.1) is 0 Å². The normalized spacial score (nSPS) is 29.8. The molecule has 1 N–H and O–H groups in total. The Morgan fingerprint density at radius 3 is 2.67 bits per heavy atom. The molecule has 1 atom stereocenters. The summed E-state index contributed by atoms with van der Waals surface area (Å²) < 4.78 is 0. The summed E-state index contributed by atoms with van der Waals surface area (Å²) in [6.45, 7) is 8.94. The van der Waals surface area contributed by atoms with Crippen molar-refractivity contribution < 1.29 is 0 Å². The van der Waals surface area contributed by atoms with E-state index in [-0.39, 0.29) is 0 Å². The Morgan fingerprint density at radius 1 is 1.13 bits per heavy atom. The molecular formula is C13H26N2. The lowest BCUT2D eigenvalue weighted by Gasteiger charge is -2.27. The Kier molecular flexibility index (Phi) is 4.45. The fourth-order valence-corrected chi connectivity index (χ4v) is 3.15. The van der Waals surface area contributed by atoms with E-state index in [1.807, 2.05) is 0 Å². The van der Waals surface area contributed by atoms with Crippen LogP contribution < -0.4 is 5.32 Å². The fourth-order valence-electron chi connectivity index (χ4n) is 3.15. The lowest BCUT2D eigenvalue weighted by Crippen LogP contribution is -2.35. The van der Waals surface area contributed by atoms with Gasteiger partial charge in [0.1, 0.15) is 0 Å². The zero-order chi connectivity index (χ0) is 10.5. The van der Waals surface area contributed by atoms with E-state index in [0.29, 0.717) is 0 Å². The highest BCUT2D eigenvalue weighted by Crippen LogP contribution is 2.23. The Bertz CT molecular complexity index is 175. The Labute approximate surface area is 94.4 Å². The van der Waals surface area contributed by atoms with Gasteiger partial charge in [-0.3, -0.25) is 0 Å². The van der Waals surface area contributed by atoms with Gasteiger partial charge in [0, 0.05) is 13.1 Å². The number of rotatable bonds is 4. The van der Waals surface area contributed by atoms with Gasteiger partial charge in [-0.05, 0) is 57.2 Å². The van der Waals surface area contributed by atoms with Crippen LogP contribution in [0, 0.1) is 11.8 Å². The average Bonchev–Trinajstić information content (AvgIpc) is 2.68. The molecule has 2 heterocycles. The third-order valence-corrected chi connectivity index (χ3v) is 4.04. The van der Waals surface area contributed by atoms with Crippen molar-refractivity contribution in [2.75, 3.05) is 32.7 Å². The van der Waals surface area contributed by atoms with Gasteiger partial charge >= 0.3 is 0 Å². The smallest absolute Gasteiger partial charge is 0.00107 e. The molecule has 2 fully saturated rings. The molecule has 2 nitrogen and oxygen atoms in total. The van der Waals surface area contributed by atoms with Crippen molar-refractivity contribution in [1.29, 1.82) is 0 Å². The molecule has 0 aromatic rings. The summed E-state index contributed by atoms with van der Waals surface area (Å²) >= 11 is 0. The number of hydrogen-bond acceptors (Lipinski definition) is 2. The monoisotopic (exact) mass is 210 g/mol. The highest BCUT2D eigenvalue weighted by atomic mass is 15.1. The van der Waals surface area contributed by atoms with Gasteiger partial charge in [0.25, 0.3) is 0 Å². The van der Waals surface area contributed by atoms with Crippen LogP contribution in [0.2, 0.25) is 0 Å². The Morgan fingerprint density at radius 2 is 1.93 bits per heavy atom. The van der Waals surface area contributed by atoms with Gasteiger partial charge in [-0.15, -0.1) is 0 Å². The maximum Gasteiger partial charge on any atom is 0.00107 e. The molecular weight excluding hydrogens is 184 g/mol. The van der Waals surface area contributed by atoms with E-state index < -0.39 is 0 Å². The van der Waals surface area contributed by atoms with Crippen LogP contribution in [0.1, 0.15) is 39.0 Å². The number of nitrogens with zero attached hydrogens (tertiary/aromatic N) is 1. The first-order valence-electron chi connectivity index (χ1n) is 6.81. The second kappa shape index (κ2) is 5.86. The average molecular weight is 210 g/mol. The van der Waals surface area contributed by atoms with Gasteiger partial charge < -0.3 is 10.2 Å². The summed E-state index contributed by atoms with van der Waals surface area (Å²) in [7, 11) is 0. The van der Waals surface area contributed by atoms with E-state index in [1.54, 1.807) is 0 Å². The van der Waals surface area contributed by atoms with Crippen LogP contribution in [-0.2, 0) is 0 Å². The van der Waals surface area contributed by atoms with Crippen molar-refractivity contribution in [2.45, 2.75) is 39.0 Å². The summed E-state index contributed by atoms with van der Waals surface area (Å²) in [5, 5.41) is 3.45. The molecule has 0 spiro atoms. The molecule has 0 saturated carbocycles. The molecule has 88 valence electrons. The van der Waals surface area contributed by atoms with Crippen molar-refractivity contribution >= 4 is 0 Å². The summed E-state index contributed by atoms with van der Waals surface area (Å²) in [5.74, 6) is 1.99. The second-order valence-electron chi connectivity index (χ2n) is 5.40. The van der Waals surface area contributed by atoms with Crippen molar-refractivity contribution in [2.24, 2.45) is 11.8 Å². The third kappa shape index (κ3) is 3.46. The highest BCUT2D eigenvalue weighted by molar-refractivity contribution is 4.79. The van der Waals surface area contributed by atoms with Crippen LogP contribution in [-0.4, -0.2) is 37.6 Å². The molecule has 0 aromatic heterocycles. The first-order chi connectivity index (χ1) is 7.38. The SMILES string of the molecule is CCCC1CCN(CC2CCNCC2)C1. The second-order valence-corrected chi connectivity index (χ2v) is 5.40. The van der Waals surface area contributed by atoms with E-state index in [9.17, 15) is 0 Å². The largest absolute Gasteiger partial charge is 0.317 e. The number of likely N-dealkylation sites (tertiary alicyclic amines) is 1. The molecule has 2 rings (SSSR count). The zero-order valence-corrected chi connectivity index (χ0v) is 10.2. The van der Waals surface area contributed by atoms with Crippen molar-refractivity contribution in [3.8, 4) is 0 Å². The van der Waals surface area contributed by atoms with Crippen LogP contribution in [0.4, 0.5) is 0 Å². The number of piperidine rings is 1. The first-order valence-corrected chi connectivity index (χ1v) is 6.81. The lowest BCUT2D eigenvalue weighted by molar-refractivity contribution is 0.233. The van der Waals surface area contributed by atoms with Gasteiger partial charge in [0.2, 0.25) is 0 Å². The maximum absolute atomic E-state index is 3.45. The van der Waals surface area contributed by atoms with E-state index in [4.69, 9.17) is 0 Å². The molecule has 0 amide bonds. The topological polar surface area (TPSA) is 15.3 Å². The Balaban J connectivity index is 1.67. The minimum Gasteiger partial charge on any atom is -0.317 e. The standard InChI is InChI=1S/C13H26N2/c1-2-3-12-6-9-15(10-12)11-13-4-7-14-8-5-13/h12-14H,2-11H2,1H3. The molecule has 1 unspecified atom stereocenters.